The third-order valence-corrected chi connectivity index (χ3v) is 6.13. The Balaban J connectivity index is 1.63. The number of aromatic amines is 1. The second kappa shape index (κ2) is 7.02. The summed E-state index contributed by atoms with van der Waals surface area (Å²) in [5.74, 6) is 0.278. The highest BCUT2D eigenvalue weighted by molar-refractivity contribution is 5.88. The van der Waals surface area contributed by atoms with Gasteiger partial charge in [-0.15, -0.1) is 0 Å². The van der Waals surface area contributed by atoms with E-state index in [1.54, 1.807) is 4.90 Å². The third-order valence-electron chi connectivity index (χ3n) is 6.13. The second-order valence-electron chi connectivity index (χ2n) is 7.61. The van der Waals surface area contributed by atoms with Gasteiger partial charge in [0.25, 0.3) is 0 Å². The van der Waals surface area contributed by atoms with Crippen molar-refractivity contribution in [1.29, 1.82) is 0 Å². The van der Waals surface area contributed by atoms with Crippen molar-refractivity contribution in [3.63, 3.8) is 0 Å². The molecule has 1 aliphatic carbocycles. The van der Waals surface area contributed by atoms with Gasteiger partial charge in [0.05, 0.1) is 19.1 Å². The quantitative estimate of drug-likeness (QED) is 0.744. The van der Waals surface area contributed by atoms with Crippen LogP contribution in [0.5, 0.6) is 0 Å². The van der Waals surface area contributed by atoms with Gasteiger partial charge in [0.2, 0.25) is 5.91 Å². The van der Waals surface area contributed by atoms with Gasteiger partial charge in [0.15, 0.2) is 0 Å². The van der Waals surface area contributed by atoms with Crippen LogP contribution in [0.2, 0.25) is 0 Å². The van der Waals surface area contributed by atoms with Crippen molar-refractivity contribution in [1.82, 2.24) is 14.8 Å². The Hall–Kier alpha value is -1.89. The number of carbonyl (C=O) groups is 1. The fourth-order valence-electron chi connectivity index (χ4n) is 4.95. The van der Waals surface area contributed by atoms with Crippen molar-refractivity contribution in [3.05, 3.63) is 35.5 Å². The molecule has 0 radical (unpaired) electrons. The summed E-state index contributed by atoms with van der Waals surface area (Å²) in [4.78, 5) is 20.3. The van der Waals surface area contributed by atoms with E-state index in [0.29, 0.717) is 12.0 Å². The van der Waals surface area contributed by atoms with Crippen LogP contribution in [0.4, 0.5) is 0 Å². The zero-order chi connectivity index (χ0) is 18.3. The minimum atomic E-state index is -0.102. The molecule has 26 heavy (non-hydrogen) atoms. The summed E-state index contributed by atoms with van der Waals surface area (Å²) in [6.45, 7) is 1.14. The molecule has 0 bridgehead atoms. The van der Waals surface area contributed by atoms with Gasteiger partial charge in [-0.1, -0.05) is 12.1 Å². The van der Waals surface area contributed by atoms with E-state index < -0.39 is 0 Å². The number of nitrogens with zero attached hydrogens (tertiary/aromatic N) is 2. The highest BCUT2D eigenvalue weighted by Crippen LogP contribution is 2.44. The maximum Gasteiger partial charge on any atom is 0.227 e. The summed E-state index contributed by atoms with van der Waals surface area (Å²) >= 11 is 0. The number of aromatic nitrogens is 1. The number of piperidine rings is 1. The molecule has 2 heterocycles. The number of amides is 1. The number of hydrogen-bond donors (Lipinski definition) is 3. The van der Waals surface area contributed by atoms with Gasteiger partial charge in [0, 0.05) is 48.7 Å². The number of likely N-dealkylation sites (N-methyl/N-ethyl adjacent to an activating group) is 1. The molecule has 140 valence electrons. The van der Waals surface area contributed by atoms with E-state index in [0.717, 1.165) is 19.4 Å². The molecule has 1 aliphatic heterocycles. The van der Waals surface area contributed by atoms with E-state index in [1.165, 1.54) is 22.0 Å². The number of benzene rings is 1. The molecule has 3 unspecified atom stereocenters. The van der Waals surface area contributed by atoms with Crippen LogP contribution in [0.3, 0.4) is 0 Å². The first-order valence-corrected chi connectivity index (χ1v) is 9.43. The summed E-state index contributed by atoms with van der Waals surface area (Å²) < 4.78 is 0. The van der Waals surface area contributed by atoms with Crippen LogP contribution in [0.15, 0.2) is 24.4 Å². The van der Waals surface area contributed by atoms with Crippen molar-refractivity contribution < 1.29 is 15.0 Å². The summed E-state index contributed by atoms with van der Waals surface area (Å²) in [5, 5.41) is 19.8. The molecule has 1 aromatic heterocycles. The molecule has 1 aromatic carbocycles. The normalized spacial score (nSPS) is 25.3. The number of nitrogens with one attached hydrogen (secondary N) is 1. The molecular weight excluding hydrogens is 330 g/mol. The van der Waals surface area contributed by atoms with E-state index in [4.69, 9.17) is 0 Å². The fraction of sp³-hybridized carbons (Fsp3) is 0.550. The highest BCUT2D eigenvalue weighted by atomic mass is 16.3. The number of likely N-dealkylation sites (tertiary alicyclic amines) is 1. The van der Waals surface area contributed by atoms with Crippen molar-refractivity contribution in [2.45, 2.75) is 24.8 Å². The Morgan fingerprint density at radius 3 is 2.81 bits per heavy atom. The Bertz CT molecular complexity index is 797. The average molecular weight is 357 g/mol. The molecule has 1 fully saturated rings. The smallest absolute Gasteiger partial charge is 0.227 e. The number of rotatable bonds is 5. The molecule has 2 aliphatic rings. The molecule has 3 atom stereocenters. The molecule has 1 amide bonds. The van der Waals surface area contributed by atoms with Crippen molar-refractivity contribution in [3.8, 4) is 0 Å². The topological polar surface area (TPSA) is 79.8 Å². The molecule has 0 saturated carbocycles. The first-order chi connectivity index (χ1) is 12.6. The molecule has 4 rings (SSSR count). The molecular formula is C20H27N3O3. The van der Waals surface area contributed by atoms with Crippen LogP contribution in [0.25, 0.3) is 10.9 Å². The first kappa shape index (κ1) is 17.5. The van der Waals surface area contributed by atoms with Crippen LogP contribution in [-0.2, 0) is 11.2 Å². The lowest BCUT2D eigenvalue weighted by atomic mass is 9.72. The van der Waals surface area contributed by atoms with Gasteiger partial charge in [-0.05, 0) is 37.1 Å². The van der Waals surface area contributed by atoms with Gasteiger partial charge < -0.3 is 25.0 Å². The minimum absolute atomic E-state index is 0.0467. The zero-order valence-electron chi connectivity index (χ0n) is 15.2. The first-order valence-electron chi connectivity index (χ1n) is 9.43. The van der Waals surface area contributed by atoms with Crippen molar-refractivity contribution >= 4 is 16.8 Å². The largest absolute Gasteiger partial charge is 0.395 e. The summed E-state index contributed by atoms with van der Waals surface area (Å²) in [5.41, 5.74) is 3.89. The summed E-state index contributed by atoms with van der Waals surface area (Å²) in [6, 6.07) is 6.82. The lowest BCUT2D eigenvalue weighted by Crippen LogP contribution is -2.52. The van der Waals surface area contributed by atoms with E-state index in [1.807, 2.05) is 0 Å². The number of aliphatic hydroxyl groups is 2. The minimum Gasteiger partial charge on any atom is -0.395 e. The van der Waals surface area contributed by atoms with Crippen molar-refractivity contribution in [2.75, 3.05) is 39.9 Å². The Morgan fingerprint density at radius 2 is 2.08 bits per heavy atom. The maximum absolute atomic E-state index is 13.0. The monoisotopic (exact) mass is 357 g/mol. The number of aliphatic hydroxyl groups excluding tert-OH is 2. The molecule has 6 heteroatoms. The van der Waals surface area contributed by atoms with E-state index in [2.05, 4.69) is 41.3 Å². The number of carbonyl (C=O) groups excluding carboxylic acids is 1. The van der Waals surface area contributed by atoms with Gasteiger partial charge >= 0.3 is 0 Å². The van der Waals surface area contributed by atoms with Crippen LogP contribution in [0.1, 0.15) is 23.5 Å². The SMILES string of the molecule is CN1CC(C(=O)N(CCO)CCO)CC2c3cccc4[nH]cc(c34)CC21. The average Bonchev–Trinajstić information content (AvgIpc) is 3.06. The lowest BCUT2D eigenvalue weighted by molar-refractivity contribution is -0.139. The molecule has 6 nitrogen and oxygen atoms in total. The number of fused-ring (bicyclic) bond motifs is 2. The van der Waals surface area contributed by atoms with E-state index >= 15 is 0 Å². The highest BCUT2D eigenvalue weighted by Gasteiger charge is 2.42. The Kier molecular flexibility index (Phi) is 4.73. The van der Waals surface area contributed by atoms with Crippen LogP contribution < -0.4 is 0 Å². The molecule has 2 aromatic rings. The number of hydrogen-bond acceptors (Lipinski definition) is 4. The predicted octanol–water partition coefficient (Wildman–Crippen LogP) is 0.941. The van der Waals surface area contributed by atoms with Crippen LogP contribution in [-0.4, -0.2) is 76.8 Å². The van der Waals surface area contributed by atoms with Gasteiger partial charge in [-0.2, -0.15) is 0 Å². The van der Waals surface area contributed by atoms with Gasteiger partial charge in [0.1, 0.15) is 0 Å². The van der Waals surface area contributed by atoms with Crippen molar-refractivity contribution in [2.24, 2.45) is 5.92 Å². The number of H-pyrrole nitrogens is 1. The molecule has 3 N–H and O–H groups in total. The second-order valence-corrected chi connectivity index (χ2v) is 7.61. The Morgan fingerprint density at radius 1 is 1.31 bits per heavy atom. The molecule has 1 saturated heterocycles. The standard InChI is InChI=1S/C20H27N3O3/c1-22-12-14(20(26)23(5-7-24)6-8-25)9-16-15-3-2-4-17-19(15)13(11-21-17)10-18(16)22/h2-4,11,14,16,18,21,24-25H,5-10,12H2,1H3. The zero-order valence-corrected chi connectivity index (χ0v) is 15.2. The maximum atomic E-state index is 13.0. The fourth-order valence-corrected chi connectivity index (χ4v) is 4.95. The van der Waals surface area contributed by atoms with Gasteiger partial charge in [-0.25, -0.2) is 0 Å². The van der Waals surface area contributed by atoms with Gasteiger partial charge in [-0.3, -0.25) is 4.79 Å². The van der Waals surface area contributed by atoms with E-state index in [-0.39, 0.29) is 38.1 Å². The van der Waals surface area contributed by atoms with Crippen LogP contribution >= 0.6 is 0 Å². The molecule has 0 spiro atoms. The third kappa shape index (κ3) is 2.82. The van der Waals surface area contributed by atoms with Crippen LogP contribution in [0, 0.1) is 5.92 Å². The summed E-state index contributed by atoms with van der Waals surface area (Å²) in [7, 11) is 2.11. The Labute approximate surface area is 153 Å². The van der Waals surface area contributed by atoms with E-state index in [9.17, 15) is 15.0 Å². The lowest BCUT2D eigenvalue weighted by Gasteiger charge is -2.45. The summed E-state index contributed by atoms with van der Waals surface area (Å²) in [6.07, 6.45) is 3.96. The predicted molar refractivity (Wildman–Crippen MR) is 100 cm³/mol.